The van der Waals surface area contributed by atoms with Gasteiger partial charge in [0.15, 0.2) is 0 Å². The Labute approximate surface area is 185 Å². The largest absolute Gasteiger partial charge is 0.496 e. The zero-order chi connectivity index (χ0) is 23.2. The van der Waals surface area contributed by atoms with Crippen LogP contribution in [-0.2, 0) is 14.8 Å². The number of amides is 1. The molecular formula is C23H32N2O5S. The molecule has 0 spiro atoms. The lowest BCUT2D eigenvalue weighted by Gasteiger charge is -2.24. The van der Waals surface area contributed by atoms with E-state index in [1.54, 1.807) is 31.4 Å². The summed E-state index contributed by atoms with van der Waals surface area (Å²) in [6, 6.07) is 12.2. The topological polar surface area (TPSA) is 84.9 Å². The summed E-state index contributed by atoms with van der Waals surface area (Å²) in [5.74, 6) is 1.03. The van der Waals surface area contributed by atoms with Crippen molar-refractivity contribution in [2.45, 2.75) is 46.3 Å². The van der Waals surface area contributed by atoms with E-state index in [1.807, 2.05) is 45.9 Å². The minimum atomic E-state index is -3.66. The molecule has 0 fully saturated rings. The summed E-state index contributed by atoms with van der Waals surface area (Å²) in [5.41, 5.74) is 2.31. The van der Waals surface area contributed by atoms with Crippen LogP contribution in [0.4, 0.5) is 5.69 Å². The molecule has 0 aromatic heterocycles. The first-order valence-electron chi connectivity index (χ1n) is 10.2. The van der Waals surface area contributed by atoms with Gasteiger partial charge >= 0.3 is 0 Å². The molecule has 31 heavy (non-hydrogen) atoms. The Morgan fingerprint density at radius 3 is 2.26 bits per heavy atom. The molecule has 0 saturated heterocycles. The third-order valence-electron chi connectivity index (χ3n) is 4.75. The molecule has 1 atom stereocenters. The van der Waals surface area contributed by atoms with Gasteiger partial charge in [-0.1, -0.05) is 19.1 Å². The third kappa shape index (κ3) is 6.89. The molecule has 0 aliphatic rings. The molecule has 0 heterocycles. The van der Waals surface area contributed by atoms with E-state index < -0.39 is 10.0 Å². The maximum atomic E-state index is 12.8. The van der Waals surface area contributed by atoms with Gasteiger partial charge in [-0.15, -0.1) is 0 Å². The van der Waals surface area contributed by atoms with Gasteiger partial charge in [0.05, 0.1) is 31.2 Å². The van der Waals surface area contributed by atoms with Crippen LogP contribution in [0.2, 0.25) is 0 Å². The van der Waals surface area contributed by atoms with Crippen molar-refractivity contribution in [3.05, 3.63) is 53.6 Å². The lowest BCUT2D eigenvalue weighted by molar-refractivity contribution is -0.120. The predicted molar refractivity (Wildman–Crippen MR) is 123 cm³/mol. The van der Waals surface area contributed by atoms with Crippen molar-refractivity contribution in [3.8, 4) is 11.5 Å². The lowest BCUT2D eigenvalue weighted by Crippen LogP contribution is -2.41. The Hall–Kier alpha value is -2.74. The van der Waals surface area contributed by atoms with Crippen LogP contribution in [0.5, 0.6) is 11.5 Å². The van der Waals surface area contributed by atoms with Crippen molar-refractivity contribution in [2.24, 2.45) is 0 Å². The van der Waals surface area contributed by atoms with Gasteiger partial charge in [-0.2, -0.15) is 0 Å². The second-order valence-electron chi connectivity index (χ2n) is 7.69. The second kappa shape index (κ2) is 10.5. The molecule has 8 heteroatoms. The smallest absolute Gasteiger partial charge is 0.241 e. The number of nitrogens with zero attached hydrogens (tertiary/aromatic N) is 1. The van der Waals surface area contributed by atoms with E-state index in [0.29, 0.717) is 17.9 Å². The summed E-state index contributed by atoms with van der Waals surface area (Å²) < 4.78 is 36.7. The van der Waals surface area contributed by atoms with Gasteiger partial charge in [0, 0.05) is 0 Å². The number of carbonyl (C=O) groups is 1. The molecule has 0 radical (unpaired) electrons. The Kier molecular flexibility index (Phi) is 8.33. The highest BCUT2D eigenvalue weighted by atomic mass is 32.2. The van der Waals surface area contributed by atoms with Crippen molar-refractivity contribution < 1.29 is 22.7 Å². The normalized spacial score (nSPS) is 12.4. The number of hydrogen-bond acceptors (Lipinski definition) is 5. The summed E-state index contributed by atoms with van der Waals surface area (Å²) in [6.07, 6.45) is 1.76. The van der Waals surface area contributed by atoms with Gasteiger partial charge in [0.2, 0.25) is 15.9 Å². The number of benzene rings is 2. The van der Waals surface area contributed by atoms with E-state index in [2.05, 4.69) is 5.32 Å². The predicted octanol–water partition coefficient (Wildman–Crippen LogP) is 3.82. The fourth-order valence-corrected chi connectivity index (χ4v) is 4.13. The molecule has 7 nitrogen and oxygen atoms in total. The standard InChI is InChI=1S/C23H32N2O5S/c1-7-21(18-8-13-22(29-5)17(4)14-18)24-23(26)15-25(31(6,27)28)19-9-11-20(12-10-19)30-16(2)3/h8-14,16,21H,7,15H2,1-6H3,(H,24,26). The summed E-state index contributed by atoms with van der Waals surface area (Å²) in [4.78, 5) is 12.8. The molecular weight excluding hydrogens is 416 g/mol. The molecule has 170 valence electrons. The summed E-state index contributed by atoms with van der Waals surface area (Å²) >= 11 is 0. The van der Waals surface area contributed by atoms with Crippen LogP contribution in [0.1, 0.15) is 44.4 Å². The first-order chi connectivity index (χ1) is 14.5. The van der Waals surface area contributed by atoms with E-state index in [0.717, 1.165) is 27.4 Å². The fourth-order valence-electron chi connectivity index (χ4n) is 3.27. The Morgan fingerprint density at radius 1 is 1.13 bits per heavy atom. The minimum absolute atomic E-state index is 0.00945. The molecule has 1 amide bonds. The van der Waals surface area contributed by atoms with Crippen LogP contribution in [0.15, 0.2) is 42.5 Å². The van der Waals surface area contributed by atoms with Crippen LogP contribution in [0.25, 0.3) is 0 Å². The van der Waals surface area contributed by atoms with Crippen molar-refractivity contribution in [1.82, 2.24) is 5.32 Å². The number of nitrogens with one attached hydrogen (secondary N) is 1. The van der Waals surface area contributed by atoms with E-state index >= 15 is 0 Å². The van der Waals surface area contributed by atoms with E-state index in [1.165, 1.54) is 0 Å². The molecule has 0 aliphatic carbocycles. The number of sulfonamides is 1. The number of carbonyl (C=O) groups excluding carboxylic acids is 1. The van der Waals surface area contributed by atoms with E-state index in [9.17, 15) is 13.2 Å². The van der Waals surface area contributed by atoms with Crippen LogP contribution in [0.3, 0.4) is 0 Å². The molecule has 2 aromatic rings. The monoisotopic (exact) mass is 448 g/mol. The summed E-state index contributed by atoms with van der Waals surface area (Å²) in [6.45, 7) is 7.42. The number of hydrogen-bond donors (Lipinski definition) is 1. The third-order valence-corrected chi connectivity index (χ3v) is 5.89. The van der Waals surface area contributed by atoms with Gasteiger partial charge < -0.3 is 14.8 Å². The zero-order valence-electron chi connectivity index (χ0n) is 19.0. The number of anilines is 1. The molecule has 0 aliphatic heterocycles. The van der Waals surface area contributed by atoms with Gasteiger partial charge in [-0.25, -0.2) is 8.42 Å². The van der Waals surface area contributed by atoms with Crippen LogP contribution in [0, 0.1) is 6.92 Å². The lowest BCUT2D eigenvalue weighted by atomic mass is 10.0. The van der Waals surface area contributed by atoms with Crippen molar-refractivity contribution in [1.29, 1.82) is 0 Å². The SMILES string of the molecule is CCC(NC(=O)CN(c1ccc(OC(C)C)cc1)S(C)(=O)=O)c1ccc(OC)c(C)c1. The molecule has 2 rings (SSSR count). The van der Waals surface area contributed by atoms with Gasteiger partial charge in [-0.05, 0) is 68.7 Å². The fraction of sp³-hybridized carbons (Fsp3) is 0.435. The zero-order valence-corrected chi connectivity index (χ0v) is 19.8. The van der Waals surface area contributed by atoms with Gasteiger partial charge in [0.1, 0.15) is 18.0 Å². The summed E-state index contributed by atoms with van der Waals surface area (Å²) in [7, 11) is -2.04. The van der Waals surface area contributed by atoms with Gasteiger partial charge in [0.25, 0.3) is 0 Å². The average molecular weight is 449 g/mol. The number of ether oxygens (including phenoxy) is 2. The highest BCUT2D eigenvalue weighted by molar-refractivity contribution is 7.92. The van der Waals surface area contributed by atoms with E-state index in [4.69, 9.17) is 9.47 Å². The Morgan fingerprint density at radius 2 is 1.77 bits per heavy atom. The van der Waals surface area contributed by atoms with Crippen molar-refractivity contribution in [2.75, 3.05) is 24.2 Å². The van der Waals surface area contributed by atoms with Crippen LogP contribution < -0.4 is 19.1 Å². The molecule has 0 bridgehead atoms. The van der Waals surface area contributed by atoms with E-state index in [-0.39, 0.29) is 24.6 Å². The Bertz CT molecular complexity index is 988. The highest BCUT2D eigenvalue weighted by Crippen LogP contribution is 2.25. The maximum Gasteiger partial charge on any atom is 0.241 e. The Balaban J connectivity index is 2.17. The highest BCUT2D eigenvalue weighted by Gasteiger charge is 2.23. The molecule has 2 aromatic carbocycles. The van der Waals surface area contributed by atoms with Gasteiger partial charge in [-0.3, -0.25) is 9.10 Å². The first-order valence-corrected chi connectivity index (χ1v) is 12.1. The number of aryl methyl sites for hydroxylation is 1. The summed E-state index contributed by atoms with van der Waals surface area (Å²) in [5, 5.41) is 2.95. The number of rotatable bonds is 10. The first kappa shape index (κ1) is 24.5. The van der Waals surface area contributed by atoms with Crippen LogP contribution in [-0.4, -0.2) is 40.3 Å². The van der Waals surface area contributed by atoms with Crippen LogP contribution >= 0.6 is 0 Å². The molecule has 0 saturated carbocycles. The molecule has 1 unspecified atom stereocenters. The maximum absolute atomic E-state index is 12.8. The number of methoxy groups -OCH3 is 1. The average Bonchev–Trinajstić information content (AvgIpc) is 2.69. The van der Waals surface area contributed by atoms with Crippen molar-refractivity contribution in [3.63, 3.8) is 0 Å². The van der Waals surface area contributed by atoms with Crippen molar-refractivity contribution >= 4 is 21.6 Å². The second-order valence-corrected chi connectivity index (χ2v) is 9.59. The molecule has 1 N–H and O–H groups in total. The quantitative estimate of drug-likeness (QED) is 0.597. The minimum Gasteiger partial charge on any atom is -0.496 e.